The number of rotatable bonds is 4. The molecule has 0 radical (unpaired) electrons. The van der Waals surface area contributed by atoms with Crippen LogP contribution in [0.2, 0.25) is 0 Å². The van der Waals surface area contributed by atoms with Gasteiger partial charge in [-0.05, 0) is 25.0 Å². The molecule has 0 saturated heterocycles. The van der Waals surface area contributed by atoms with Crippen molar-refractivity contribution in [2.75, 3.05) is 28.2 Å². The Kier molecular flexibility index (Phi) is 8.06. The van der Waals surface area contributed by atoms with Gasteiger partial charge < -0.3 is 8.79 Å². The van der Waals surface area contributed by atoms with Gasteiger partial charge in [-0.25, -0.2) is 0 Å². The third-order valence-electron chi connectivity index (χ3n) is 12.9. The molecule has 2 aliphatic rings. The first-order valence-corrected chi connectivity index (χ1v) is 17.6. The second kappa shape index (κ2) is 12.1. The van der Waals surface area contributed by atoms with E-state index in [0.29, 0.717) is 12.1 Å². The molecule has 0 bridgehead atoms. The molecule has 0 spiro atoms. The minimum Gasteiger partial charge on any atom is -0.503 e. The Morgan fingerprint density at radius 2 is 0.562 bits per heavy atom. The molecule has 6 aromatic carbocycles. The number of hydrogen-bond acceptors (Lipinski definition) is 0. The van der Waals surface area contributed by atoms with Gasteiger partial charge in [-0.2, -0.15) is 0 Å². The summed E-state index contributed by atoms with van der Waals surface area (Å²) >= 11 is 0. The van der Waals surface area contributed by atoms with E-state index in [1.807, 2.05) is 0 Å². The van der Waals surface area contributed by atoms with Crippen LogP contribution in [0.25, 0.3) is 0 Å². The first-order valence-electron chi connectivity index (χ1n) is 17.6. The van der Waals surface area contributed by atoms with Gasteiger partial charge in [0.1, 0.15) is 0 Å². The fourth-order valence-electron chi connectivity index (χ4n) is 10.2. The molecule has 8 rings (SSSR count). The molecule has 0 aliphatic carbocycles. The number of benzene rings is 6. The fraction of sp³-hybridized carbons (Fsp3) is 0.182. The van der Waals surface area contributed by atoms with Crippen LogP contribution in [0.3, 0.4) is 0 Å². The van der Waals surface area contributed by atoms with E-state index >= 15 is 0 Å². The van der Waals surface area contributed by atoms with E-state index in [1.165, 1.54) is 43.9 Å². The van der Waals surface area contributed by atoms with Gasteiger partial charge in [0.05, 0.1) is 12.1 Å². The van der Waals surface area contributed by atoms with Crippen LogP contribution in [0.1, 0.15) is 37.1 Å². The fourth-order valence-corrected chi connectivity index (χ4v) is 10.2. The minimum atomic E-state index is -1.07. The zero-order chi connectivity index (χ0) is 33.6. The molecule has 0 fully saturated rings. The van der Waals surface area contributed by atoms with Gasteiger partial charge in [-0.1, -0.05) is 170 Å². The van der Waals surface area contributed by atoms with E-state index in [-0.39, 0.29) is 0 Å². The summed E-state index contributed by atoms with van der Waals surface area (Å²) in [6, 6.07) is 63.3. The Morgan fingerprint density at radius 1 is 0.333 bits per heavy atom. The second-order valence-corrected chi connectivity index (χ2v) is 15.2. The molecule has 2 atom stereocenters. The molecule has 2 aliphatic heterocycles. The summed E-state index contributed by atoms with van der Waals surface area (Å²) < 4.78 is 1.90. The molecular weight excluding hydrogens is 578 g/mol. The molecule has 6 aromatic rings. The highest BCUT2D eigenvalue weighted by Crippen LogP contribution is 2.39. The van der Waals surface area contributed by atoms with Crippen LogP contribution in [0.4, 0.5) is 0 Å². The van der Waals surface area contributed by atoms with Crippen LogP contribution in [0.5, 0.6) is 0 Å². The van der Waals surface area contributed by atoms with Crippen molar-refractivity contribution in [2.24, 2.45) is 0 Å². The van der Waals surface area contributed by atoms with Crippen molar-refractivity contribution < 1.29 is 8.79 Å². The summed E-state index contributed by atoms with van der Waals surface area (Å²) in [5, 5.41) is 0. The number of nitrogens with zero attached hydrogens (tertiary/aromatic N) is 2. The lowest BCUT2D eigenvalue weighted by molar-refractivity contribution is -0.815. The molecule has 0 unspecified atom stereocenters. The number of fused-ring (bicyclic) bond motifs is 2. The van der Waals surface area contributed by atoms with Gasteiger partial charge in [0.25, 0.3) is 12.6 Å². The first-order chi connectivity index (χ1) is 23.2. The average molecular weight is 627 g/mol. The standard InChI is InChI=1S/2C22H24BN/c2*1-18-21-16-10-11-17-22(21)23(24(18,2)3,19-12-6-4-7-13-19)20-14-8-5-9-15-20/h2*4-18H,1-3H3/t2*18-/m00/s1. The van der Waals surface area contributed by atoms with Crippen molar-refractivity contribution in [1.82, 2.24) is 0 Å². The lowest BCUT2D eigenvalue weighted by atomic mass is 9.23. The van der Waals surface area contributed by atoms with Crippen molar-refractivity contribution in [1.29, 1.82) is 0 Å². The molecular formula is C44H48B2N2. The van der Waals surface area contributed by atoms with E-state index in [9.17, 15) is 0 Å². The van der Waals surface area contributed by atoms with Crippen LogP contribution in [0.15, 0.2) is 170 Å². The van der Waals surface area contributed by atoms with Crippen LogP contribution >= 0.6 is 0 Å². The number of hydrogen-bond donors (Lipinski definition) is 0. The Bertz CT molecular complexity index is 1780. The van der Waals surface area contributed by atoms with Crippen molar-refractivity contribution in [3.8, 4) is 0 Å². The normalized spacial score (nSPS) is 20.5. The predicted octanol–water partition coefficient (Wildman–Crippen LogP) is 5.61. The monoisotopic (exact) mass is 626 g/mol. The van der Waals surface area contributed by atoms with Crippen LogP contribution < -0.4 is 32.8 Å². The molecule has 0 aromatic heterocycles. The van der Waals surface area contributed by atoms with E-state index in [2.05, 4.69) is 212 Å². The average Bonchev–Trinajstić information content (AvgIpc) is 3.43. The summed E-state index contributed by atoms with van der Waals surface area (Å²) in [4.78, 5) is 0. The van der Waals surface area contributed by atoms with Crippen molar-refractivity contribution >= 4 is 45.3 Å². The van der Waals surface area contributed by atoms with E-state index < -0.39 is 12.6 Å². The van der Waals surface area contributed by atoms with Gasteiger partial charge in [-0.3, -0.25) is 0 Å². The van der Waals surface area contributed by atoms with Gasteiger partial charge in [0.15, 0.2) is 0 Å². The van der Waals surface area contributed by atoms with Gasteiger partial charge in [0, 0.05) is 28.2 Å². The lowest BCUT2D eigenvalue weighted by Crippen LogP contribution is -2.79. The Balaban J connectivity index is 0.000000152. The minimum absolute atomic E-state index is 0.460. The summed E-state index contributed by atoms with van der Waals surface area (Å²) in [5.41, 5.74) is 11.6. The second-order valence-electron chi connectivity index (χ2n) is 15.2. The quantitative estimate of drug-likeness (QED) is 0.224. The highest BCUT2D eigenvalue weighted by Gasteiger charge is 2.55. The third-order valence-corrected chi connectivity index (χ3v) is 12.9. The summed E-state index contributed by atoms with van der Waals surface area (Å²) in [6.07, 6.45) is -2.14. The zero-order valence-electron chi connectivity index (χ0n) is 29.4. The molecule has 2 nitrogen and oxygen atoms in total. The predicted molar refractivity (Wildman–Crippen MR) is 209 cm³/mol. The zero-order valence-corrected chi connectivity index (χ0v) is 29.4. The molecule has 0 amide bonds. The van der Waals surface area contributed by atoms with Gasteiger partial charge in [0.2, 0.25) is 0 Å². The lowest BCUT2D eigenvalue weighted by Gasteiger charge is -2.55. The molecule has 0 N–H and O–H groups in total. The Hall–Kier alpha value is -4.63. The van der Waals surface area contributed by atoms with Crippen LogP contribution in [-0.4, -0.2) is 49.5 Å². The van der Waals surface area contributed by atoms with Crippen molar-refractivity contribution in [2.45, 2.75) is 25.9 Å². The smallest absolute Gasteiger partial charge is 0.291 e. The van der Waals surface area contributed by atoms with Crippen molar-refractivity contribution in [3.05, 3.63) is 181 Å². The summed E-state index contributed by atoms with van der Waals surface area (Å²) in [5.74, 6) is 0. The number of quaternary nitrogens is 2. The highest BCUT2D eigenvalue weighted by atomic mass is 15.3. The maximum atomic E-state index is 2.39. The first kappa shape index (κ1) is 31.9. The van der Waals surface area contributed by atoms with Crippen molar-refractivity contribution in [3.63, 3.8) is 0 Å². The van der Waals surface area contributed by atoms with E-state index in [0.717, 1.165) is 8.79 Å². The topological polar surface area (TPSA) is 0 Å². The van der Waals surface area contributed by atoms with Crippen LogP contribution in [0, 0.1) is 0 Å². The maximum Gasteiger partial charge on any atom is 0.291 e. The third kappa shape index (κ3) is 4.43. The molecule has 4 heteroatoms. The Morgan fingerprint density at radius 3 is 0.833 bits per heavy atom. The van der Waals surface area contributed by atoms with Gasteiger partial charge in [-0.15, -0.1) is 32.8 Å². The maximum absolute atomic E-state index is 2.39. The molecule has 48 heavy (non-hydrogen) atoms. The SMILES string of the molecule is C[C@H]1c2ccccc2[B-](c2ccccc2)(c2ccccc2)[N+]1(C)C.C[C@H]1c2ccccc2[B-](c2ccccc2)(c2ccccc2)[N+]1(C)C. The molecule has 0 saturated carbocycles. The summed E-state index contributed by atoms with van der Waals surface area (Å²) in [7, 11) is 9.57. The van der Waals surface area contributed by atoms with Crippen LogP contribution in [-0.2, 0) is 0 Å². The Labute approximate surface area is 288 Å². The van der Waals surface area contributed by atoms with Gasteiger partial charge >= 0.3 is 0 Å². The largest absolute Gasteiger partial charge is 0.503 e. The molecule has 2 heterocycles. The summed E-state index contributed by atoms with van der Waals surface area (Å²) in [6.45, 7) is 4.74. The highest BCUT2D eigenvalue weighted by molar-refractivity contribution is 7.07. The van der Waals surface area contributed by atoms with E-state index in [1.54, 1.807) is 0 Å². The molecule has 240 valence electrons. The van der Waals surface area contributed by atoms with E-state index in [4.69, 9.17) is 0 Å².